The zero-order chi connectivity index (χ0) is 10.3. The highest BCUT2D eigenvalue weighted by Crippen LogP contribution is 2.50. The van der Waals surface area contributed by atoms with Gasteiger partial charge >= 0.3 is 7.82 Å². The number of phosphoric acid groups is 1. The predicted octanol–water partition coefficient (Wildman–Crippen LogP) is 2.76. The fourth-order valence-electron chi connectivity index (χ4n) is 0.661. The third-order valence-electron chi connectivity index (χ3n) is 1.20. The Balaban J connectivity index is 4.22. The Morgan fingerprint density at radius 2 is 1.85 bits per heavy atom. The van der Waals surface area contributed by atoms with Gasteiger partial charge in [0.25, 0.3) is 0 Å². The lowest BCUT2D eigenvalue weighted by Crippen LogP contribution is -2.06. The predicted molar refractivity (Wildman–Crippen MR) is 51.6 cm³/mol. The molecule has 0 aromatic heterocycles. The largest absolute Gasteiger partial charge is 0.475 e. The first kappa shape index (κ1) is 12.8. The molecule has 4 nitrogen and oxygen atoms in total. The lowest BCUT2D eigenvalue weighted by molar-refractivity contribution is 0.107. The molecule has 0 bridgehead atoms. The monoisotopic (exact) mass is 208 g/mol. The van der Waals surface area contributed by atoms with Crippen molar-refractivity contribution in [2.75, 3.05) is 13.2 Å². The molecule has 0 aliphatic rings. The van der Waals surface area contributed by atoms with Crippen LogP contribution in [0.5, 0.6) is 0 Å². The van der Waals surface area contributed by atoms with Crippen molar-refractivity contribution >= 4 is 7.82 Å². The maximum absolute atomic E-state index is 11.7. The van der Waals surface area contributed by atoms with Gasteiger partial charge in [-0.2, -0.15) is 0 Å². The molecule has 0 rings (SSSR count). The van der Waals surface area contributed by atoms with E-state index in [0.717, 1.165) is 0 Å². The molecule has 1 atom stereocenters. The SMILES string of the molecule is C=C[C@H](C)OP(=O)(OCC)OCC. The lowest BCUT2D eigenvalue weighted by Gasteiger charge is -2.18. The van der Waals surface area contributed by atoms with Crippen molar-refractivity contribution in [1.29, 1.82) is 0 Å². The molecule has 0 fully saturated rings. The van der Waals surface area contributed by atoms with E-state index in [4.69, 9.17) is 13.6 Å². The van der Waals surface area contributed by atoms with Gasteiger partial charge in [0.2, 0.25) is 0 Å². The smallest absolute Gasteiger partial charge is 0.287 e. The Labute approximate surface area is 79.5 Å². The van der Waals surface area contributed by atoms with Gasteiger partial charge in [-0.1, -0.05) is 6.08 Å². The second-order valence-corrected chi connectivity index (χ2v) is 3.95. The molecule has 0 spiro atoms. The standard InChI is InChI=1S/C8H17O4P/c1-5-8(4)12-13(9,10-6-2)11-7-3/h5,8H,1,6-7H2,2-4H3/t8-/m0/s1. The molecular formula is C8H17O4P. The molecule has 78 valence electrons. The first-order valence-corrected chi connectivity index (χ1v) is 5.74. The minimum absolute atomic E-state index is 0.293. The molecule has 0 amide bonds. The van der Waals surface area contributed by atoms with Gasteiger partial charge in [0, 0.05) is 0 Å². The van der Waals surface area contributed by atoms with E-state index in [0.29, 0.717) is 13.2 Å². The zero-order valence-electron chi connectivity index (χ0n) is 8.36. The molecule has 0 aromatic rings. The van der Waals surface area contributed by atoms with Crippen LogP contribution in [0.25, 0.3) is 0 Å². The summed E-state index contributed by atoms with van der Waals surface area (Å²) >= 11 is 0. The van der Waals surface area contributed by atoms with Crippen LogP contribution in [-0.2, 0) is 18.1 Å². The van der Waals surface area contributed by atoms with Gasteiger partial charge in [0.1, 0.15) is 0 Å². The average molecular weight is 208 g/mol. The highest BCUT2D eigenvalue weighted by atomic mass is 31.2. The normalized spacial score (nSPS) is 14.1. The maximum Gasteiger partial charge on any atom is 0.475 e. The molecule has 0 saturated heterocycles. The van der Waals surface area contributed by atoms with Gasteiger partial charge < -0.3 is 0 Å². The summed E-state index contributed by atoms with van der Waals surface area (Å²) in [6, 6.07) is 0. The van der Waals surface area contributed by atoms with E-state index in [1.54, 1.807) is 20.8 Å². The summed E-state index contributed by atoms with van der Waals surface area (Å²) in [7, 11) is -3.36. The van der Waals surface area contributed by atoms with Crippen molar-refractivity contribution in [2.24, 2.45) is 0 Å². The van der Waals surface area contributed by atoms with Gasteiger partial charge in [-0.3, -0.25) is 13.6 Å². The van der Waals surface area contributed by atoms with Crippen LogP contribution in [0.4, 0.5) is 0 Å². The van der Waals surface area contributed by atoms with Crippen molar-refractivity contribution in [1.82, 2.24) is 0 Å². The third kappa shape index (κ3) is 5.21. The minimum atomic E-state index is -3.36. The van der Waals surface area contributed by atoms with Gasteiger partial charge in [-0.25, -0.2) is 4.57 Å². The molecule has 0 unspecified atom stereocenters. The molecule has 0 heterocycles. The summed E-state index contributed by atoms with van der Waals surface area (Å²) in [6.07, 6.45) is 1.19. The third-order valence-corrected chi connectivity index (χ3v) is 2.94. The lowest BCUT2D eigenvalue weighted by atomic mass is 10.4. The zero-order valence-corrected chi connectivity index (χ0v) is 9.25. The molecule has 0 N–H and O–H groups in total. The fourth-order valence-corrected chi connectivity index (χ4v) is 1.98. The van der Waals surface area contributed by atoms with Gasteiger partial charge in [-0.15, -0.1) is 6.58 Å². The number of rotatable bonds is 7. The number of hydrogen-bond donors (Lipinski definition) is 0. The van der Waals surface area contributed by atoms with Crippen LogP contribution >= 0.6 is 7.82 Å². The first-order chi connectivity index (χ1) is 6.08. The summed E-state index contributed by atoms with van der Waals surface area (Å²) in [5.74, 6) is 0. The summed E-state index contributed by atoms with van der Waals surface area (Å²) in [5, 5.41) is 0. The molecule has 0 aromatic carbocycles. The van der Waals surface area contributed by atoms with Gasteiger partial charge in [0.05, 0.1) is 19.3 Å². The second-order valence-electron chi connectivity index (χ2n) is 2.33. The molecule has 13 heavy (non-hydrogen) atoms. The Bertz CT molecular complexity index is 183. The van der Waals surface area contributed by atoms with E-state index in [-0.39, 0.29) is 6.10 Å². The van der Waals surface area contributed by atoms with Crippen molar-refractivity contribution in [2.45, 2.75) is 26.9 Å². The van der Waals surface area contributed by atoms with Gasteiger partial charge in [-0.05, 0) is 20.8 Å². The molecule has 0 radical (unpaired) electrons. The van der Waals surface area contributed by atoms with E-state index in [9.17, 15) is 4.57 Å². The van der Waals surface area contributed by atoms with E-state index in [1.807, 2.05) is 0 Å². The Hall–Kier alpha value is -0.150. The van der Waals surface area contributed by atoms with Crippen LogP contribution in [-0.4, -0.2) is 19.3 Å². The van der Waals surface area contributed by atoms with Crippen molar-refractivity contribution in [3.63, 3.8) is 0 Å². The average Bonchev–Trinajstić information content (AvgIpc) is 2.04. The Morgan fingerprint density at radius 3 is 2.15 bits per heavy atom. The topological polar surface area (TPSA) is 44.8 Å². The van der Waals surface area contributed by atoms with Crippen LogP contribution in [0.15, 0.2) is 12.7 Å². The van der Waals surface area contributed by atoms with Crippen LogP contribution in [0.1, 0.15) is 20.8 Å². The summed E-state index contributed by atoms with van der Waals surface area (Å²) < 4.78 is 26.5. The van der Waals surface area contributed by atoms with E-state index in [1.165, 1.54) is 6.08 Å². The van der Waals surface area contributed by atoms with Crippen LogP contribution in [0.3, 0.4) is 0 Å². The molecule has 0 saturated carbocycles. The van der Waals surface area contributed by atoms with Crippen molar-refractivity contribution in [3.8, 4) is 0 Å². The molecule has 0 aliphatic heterocycles. The van der Waals surface area contributed by atoms with Crippen LogP contribution < -0.4 is 0 Å². The summed E-state index contributed by atoms with van der Waals surface area (Å²) in [5.41, 5.74) is 0. The van der Waals surface area contributed by atoms with Gasteiger partial charge in [0.15, 0.2) is 0 Å². The number of hydrogen-bond acceptors (Lipinski definition) is 4. The van der Waals surface area contributed by atoms with Crippen LogP contribution in [0.2, 0.25) is 0 Å². The first-order valence-electron chi connectivity index (χ1n) is 4.28. The second kappa shape index (κ2) is 6.33. The molecule has 5 heteroatoms. The van der Waals surface area contributed by atoms with Crippen LogP contribution in [0, 0.1) is 0 Å². The quantitative estimate of drug-likeness (QED) is 0.476. The molecular weight excluding hydrogens is 191 g/mol. The Kier molecular flexibility index (Phi) is 6.25. The fraction of sp³-hybridized carbons (Fsp3) is 0.750. The molecule has 0 aliphatic carbocycles. The van der Waals surface area contributed by atoms with Crippen molar-refractivity contribution < 1.29 is 18.1 Å². The Morgan fingerprint density at radius 1 is 1.38 bits per heavy atom. The summed E-state index contributed by atoms with van der Waals surface area (Å²) in [4.78, 5) is 0. The minimum Gasteiger partial charge on any atom is -0.287 e. The summed E-state index contributed by atoms with van der Waals surface area (Å²) in [6.45, 7) is 9.27. The van der Waals surface area contributed by atoms with Crippen molar-refractivity contribution in [3.05, 3.63) is 12.7 Å². The van der Waals surface area contributed by atoms with E-state index in [2.05, 4.69) is 6.58 Å². The highest BCUT2D eigenvalue weighted by molar-refractivity contribution is 7.48. The maximum atomic E-state index is 11.7. The van der Waals surface area contributed by atoms with E-state index < -0.39 is 7.82 Å². The number of phosphoric ester groups is 1. The highest BCUT2D eigenvalue weighted by Gasteiger charge is 2.26. The van der Waals surface area contributed by atoms with E-state index >= 15 is 0 Å².